The van der Waals surface area contributed by atoms with Gasteiger partial charge in [0.15, 0.2) is 5.75 Å². The fourth-order valence-corrected chi connectivity index (χ4v) is 0.560. The Bertz CT molecular complexity index is 239. The molecule has 0 radical (unpaired) electrons. The van der Waals surface area contributed by atoms with Gasteiger partial charge in [0.1, 0.15) is 0 Å². The maximum Gasteiger partial charge on any atom is 0.252 e. The standard InChI is InChI=1S/C6H5F2NO/c1-10-4-2-3-9-6(8)5(4)7/h2-3H,1H3. The molecule has 4 heteroatoms. The Labute approximate surface area is 56.5 Å². The number of ether oxygens (including phenoxy) is 1. The van der Waals surface area contributed by atoms with Gasteiger partial charge in [0.05, 0.1) is 7.11 Å². The minimum atomic E-state index is -1.14. The SMILES string of the molecule is COc1ccnc(F)c1F. The highest BCUT2D eigenvalue weighted by Gasteiger charge is 2.07. The van der Waals surface area contributed by atoms with Gasteiger partial charge in [-0.25, -0.2) is 4.98 Å². The van der Waals surface area contributed by atoms with E-state index in [0.29, 0.717) is 0 Å². The molecular weight excluding hydrogens is 140 g/mol. The van der Waals surface area contributed by atoms with E-state index in [1.54, 1.807) is 0 Å². The van der Waals surface area contributed by atoms with E-state index in [2.05, 4.69) is 9.72 Å². The molecule has 10 heavy (non-hydrogen) atoms. The van der Waals surface area contributed by atoms with E-state index in [9.17, 15) is 8.78 Å². The highest BCUT2D eigenvalue weighted by molar-refractivity contribution is 5.20. The molecule has 0 spiro atoms. The number of halogens is 2. The van der Waals surface area contributed by atoms with E-state index < -0.39 is 11.8 Å². The predicted molar refractivity (Wildman–Crippen MR) is 30.7 cm³/mol. The molecule has 0 saturated carbocycles. The number of pyridine rings is 1. The minimum absolute atomic E-state index is 0.132. The Balaban J connectivity index is 3.14. The molecule has 1 rings (SSSR count). The van der Waals surface area contributed by atoms with Crippen molar-refractivity contribution in [1.29, 1.82) is 0 Å². The Morgan fingerprint density at radius 2 is 2.20 bits per heavy atom. The minimum Gasteiger partial charge on any atom is -0.493 e. The highest BCUT2D eigenvalue weighted by atomic mass is 19.2. The molecule has 0 N–H and O–H groups in total. The Morgan fingerprint density at radius 3 is 2.70 bits per heavy atom. The first-order valence-corrected chi connectivity index (χ1v) is 2.59. The summed E-state index contributed by atoms with van der Waals surface area (Å²) in [7, 11) is 1.26. The molecule has 1 aromatic heterocycles. The van der Waals surface area contributed by atoms with Crippen LogP contribution in [0.2, 0.25) is 0 Å². The zero-order valence-electron chi connectivity index (χ0n) is 5.27. The average Bonchev–Trinajstić information content (AvgIpc) is 1.95. The van der Waals surface area contributed by atoms with Crippen LogP contribution in [0.1, 0.15) is 0 Å². The summed E-state index contributed by atoms with van der Waals surface area (Å²) in [6, 6.07) is 1.25. The lowest BCUT2D eigenvalue weighted by molar-refractivity contribution is 0.365. The van der Waals surface area contributed by atoms with Gasteiger partial charge in [-0.3, -0.25) is 0 Å². The number of aromatic nitrogens is 1. The lowest BCUT2D eigenvalue weighted by Gasteiger charge is -1.98. The quantitative estimate of drug-likeness (QED) is 0.557. The molecule has 0 unspecified atom stereocenters. The monoisotopic (exact) mass is 145 g/mol. The molecule has 0 aliphatic heterocycles. The maximum atomic E-state index is 12.4. The third-order valence-corrected chi connectivity index (χ3v) is 1.03. The fraction of sp³-hybridized carbons (Fsp3) is 0.167. The molecule has 0 saturated heterocycles. The second-order valence-corrected chi connectivity index (χ2v) is 1.62. The normalized spacial score (nSPS) is 9.50. The van der Waals surface area contributed by atoms with Crippen LogP contribution in [0.4, 0.5) is 8.78 Å². The third-order valence-electron chi connectivity index (χ3n) is 1.03. The van der Waals surface area contributed by atoms with Crippen LogP contribution in [-0.2, 0) is 0 Å². The summed E-state index contributed by atoms with van der Waals surface area (Å²) in [5, 5.41) is 0. The number of rotatable bonds is 1. The molecular formula is C6H5F2NO. The first-order valence-electron chi connectivity index (χ1n) is 2.59. The van der Waals surface area contributed by atoms with E-state index in [1.807, 2.05) is 0 Å². The van der Waals surface area contributed by atoms with Crippen molar-refractivity contribution in [2.24, 2.45) is 0 Å². The van der Waals surface area contributed by atoms with Crippen LogP contribution in [0.3, 0.4) is 0 Å². The summed E-state index contributed by atoms with van der Waals surface area (Å²) in [5.74, 6) is -2.32. The molecule has 0 atom stereocenters. The lowest BCUT2D eigenvalue weighted by atomic mass is 10.4. The van der Waals surface area contributed by atoms with Crippen LogP contribution in [0.15, 0.2) is 12.3 Å². The second kappa shape index (κ2) is 2.60. The predicted octanol–water partition coefficient (Wildman–Crippen LogP) is 1.37. The van der Waals surface area contributed by atoms with Crippen LogP contribution in [0, 0.1) is 11.8 Å². The number of hydrogen-bond acceptors (Lipinski definition) is 2. The summed E-state index contributed by atoms with van der Waals surface area (Å²) in [4.78, 5) is 3.07. The van der Waals surface area contributed by atoms with E-state index >= 15 is 0 Å². The zero-order valence-corrected chi connectivity index (χ0v) is 5.27. The summed E-state index contributed by atoms with van der Waals surface area (Å²) < 4.78 is 29.1. The van der Waals surface area contributed by atoms with Crippen molar-refractivity contribution in [2.45, 2.75) is 0 Å². The molecule has 0 amide bonds. The number of methoxy groups -OCH3 is 1. The first kappa shape index (κ1) is 6.92. The summed E-state index contributed by atoms with van der Waals surface area (Å²) in [5.41, 5.74) is 0. The van der Waals surface area contributed by atoms with Gasteiger partial charge in [0.25, 0.3) is 5.95 Å². The van der Waals surface area contributed by atoms with Crippen LogP contribution < -0.4 is 4.74 Å². The van der Waals surface area contributed by atoms with Crippen molar-refractivity contribution in [2.75, 3.05) is 7.11 Å². The van der Waals surface area contributed by atoms with Gasteiger partial charge in [0, 0.05) is 12.3 Å². The number of hydrogen-bond donors (Lipinski definition) is 0. The van der Waals surface area contributed by atoms with Crippen LogP contribution in [0.25, 0.3) is 0 Å². The topological polar surface area (TPSA) is 22.1 Å². The maximum absolute atomic E-state index is 12.4. The molecule has 1 aromatic rings. The van der Waals surface area contributed by atoms with Gasteiger partial charge in [-0.1, -0.05) is 0 Å². The third kappa shape index (κ3) is 1.05. The van der Waals surface area contributed by atoms with Crippen molar-refractivity contribution >= 4 is 0 Å². The summed E-state index contributed by atoms with van der Waals surface area (Å²) >= 11 is 0. The van der Waals surface area contributed by atoms with Crippen molar-refractivity contribution in [3.63, 3.8) is 0 Å². The van der Waals surface area contributed by atoms with Gasteiger partial charge in [-0.05, 0) is 0 Å². The van der Waals surface area contributed by atoms with Crippen molar-refractivity contribution in [3.8, 4) is 5.75 Å². The molecule has 0 aliphatic rings. The lowest BCUT2D eigenvalue weighted by Crippen LogP contribution is -1.93. The largest absolute Gasteiger partial charge is 0.493 e. The van der Waals surface area contributed by atoms with Gasteiger partial charge < -0.3 is 4.74 Å². The van der Waals surface area contributed by atoms with E-state index in [4.69, 9.17) is 0 Å². The first-order chi connectivity index (χ1) is 4.75. The average molecular weight is 145 g/mol. The smallest absolute Gasteiger partial charge is 0.252 e. The Hall–Kier alpha value is -1.19. The van der Waals surface area contributed by atoms with Crippen LogP contribution in [-0.4, -0.2) is 12.1 Å². The van der Waals surface area contributed by atoms with E-state index in [1.165, 1.54) is 13.2 Å². The van der Waals surface area contributed by atoms with Crippen LogP contribution in [0.5, 0.6) is 5.75 Å². The molecule has 0 fully saturated rings. The Kier molecular flexibility index (Phi) is 1.80. The fourth-order valence-electron chi connectivity index (χ4n) is 0.560. The highest BCUT2D eigenvalue weighted by Crippen LogP contribution is 2.15. The van der Waals surface area contributed by atoms with Crippen molar-refractivity contribution < 1.29 is 13.5 Å². The van der Waals surface area contributed by atoms with E-state index in [0.717, 1.165) is 6.20 Å². The number of nitrogens with zero attached hydrogens (tertiary/aromatic N) is 1. The van der Waals surface area contributed by atoms with Crippen molar-refractivity contribution in [1.82, 2.24) is 4.98 Å². The second-order valence-electron chi connectivity index (χ2n) is 1.62. The van der Waals surface area contributed by atoms with Gasteiger partial charge in [0.2, 0.25) is 5.82 Å². The van der Waals surface area contributed by atoms with Crippen molar-refractivity contribution in [3.05, 3.63) is 24.0 Å². The molecule has 0 bridgehead atoms. The van der Waals surface area contributed by atoms with E-state index in [-0.39, 0.29) is 5.75 Å². The molecule has 0 aromatic carbocycles. The molecule has 1 heterocycles. The van der Waals surface area contributed by atoms with Gasteiger partial charge in [-0.2, -0.15) is 8.78 Å². The molecule has 2 nitrogen and oxygen atoms in total. The Morgan fingerprint density at radius 1 is 1.50 bits per heavy atom. The van der Waals surface area contributed by atoms with Gasteiger partial charge >= 0.3 is 0 Å². The summed E-state index contributed by atoms with van der Waals surface area (Å²) in [6.45, 7) is 0. The summed E-state index contributed by atoms with van der Waals surface area (Å²) in [6.07, 6.45) is 1.14. The zero-order chi connectivity index (χ0) is 7.56. The molecule has 54 valence electrons. The van der Waals surface area contributed by atoms with Gasteiger partial charge in [-0.15, -0.1) is 0 Å². The molecule has 0 aliphatic carbocycles. The van der Waals surface area contributed by atoms with Crippen LogP contribution >= 0.6 is 0 Å².